The van der Waals surface area contributed by atoms with E-state index in [-0.39, 0.29) is 5.56 Å². The smallest absolute Gasteiger partial charge is 0.271 e. The van der Waals surface area contributed by atoms with Crippen LogP contribution in [0.1, 0.15) is 16.8 Å². The van der Waals surface area contributed by atoms with Gasteiger partial charge in [0.25, 0.3) is 5.56 Å². The summed E-state index contributed by atoms with van der Waals surface area (Å²) in [4.78, 5) is 22.8. The first-order valence-electron chi connectivity index (χ1n) is 7.43. The lowest BCUT2D eigenvalue weighted by atomic mass is 10.1. The van der Waals surface area contributed by atoms with E-state index in [0.717, 1.165) is 32.6 Å². The predicted octanol–water partition coefficient (Wildman–Crippen LogP) is 3.67. The van der Waals surface area contributed by atoms with E-state index in [1.165, 1.54) is 11.3 Å². The molecular weight excluding hydrogens is 306 g/mol. The van der Waals surface area contributed by atoms with Gasteiger partial charge in [0.2, 0.25) is 0 Å². The molecule has 0 unspecified atom stereocenters. The lowest BCUT2D eigenvalue weighted by Gasteiger charge is -2.05. The molecule has 0 aliphatic heterocycles. The van der Waals surface area contributed by atoms with Crippen LogP contribution in [0.25, 0.3) is 20.4 Å². The molecule has 3 aromatic heterocycles. The van der Waals surface area contributed by atoms with Crippen molar-refractivity contribution in [3.63, 3.8) is 0 Å². The minimum atomic E-state index is -0.00101. The Kier molecular flexibility index (Phi) is 3.23. The summed E-state index contributed by atoms with van der Waals surface area (Å²) in [6.07, 6.45) is 1.64. The van der Waals surface area contributed by atoms with E-state index in [1.54, 1.807) is 10.9 Å². The average molecular weight is 321 g/mol. The van der Waals surface area contributed by atoms with Gasteiger partial charge in [-0.05, 0) is 31.0 Å². The van der Waals surface area contributed by atoms with Crippen LogP contribution < -0.4 is 5.56 Å². The summed E-state index contributed by atoms with van der Waals surface area (Å²) in [7, 11) is 0. The van der Waals surface area contributed by atoms with Crippen LogP contribution in [-0.2, 0) is 6.54 Å². The van der Waals surface area contributed by atoms with E-state index >= 15 is 0 Å². The molecule has 0 N–H and O–H groups in total. The van der Waals surface area contributed by atoms with Crippen molar-refractivity contribution in [1.29, 1.82) is 0 Å². The van der Waals surface area contributed by atoms with Gasteiger partial charge in [0.15, 0.2) is 0 Å². The first kappa shape index (κ1) is 14.1. The zero-order valence-corrected chi connectivity index (χ0v) is 13.7. The number of hydrogen-bond acceptors (Lipinski definition) is 4. The van der Waals surface area contributed by atoms with Gasteiger partial charge in [-0.15, -0.1) is 11.3 Å². The molecule has 0 radical (unpaired) electrons. The zero-order chi connectivity index (χ0) is 16.0. The van der Waals surface area contributed by atoms with Crippen LogP contribution >= 0.6 is 11.3 Å². The molecule has 5 heteroatoms. The van der Waals surface area contributed by atoms with Crippen LogP contribution in [0, 0.1) is 13.8 Å². The standard InChI is InChI=1S/C18H15N3OS/c1-11-8-12(2)20-17-14(11)15-16(23-17)18(22)21(10-19-15)9-13-6-4-3-5-7-13/h3-8,10H,9H2,1-2H3. The number of thiophene rings is 1. The third kappa shape index (κ3) is 2.33. The van der Waals surface area contributed by atoms with Gasteiger partial charge in [0.1, 0.15) is 9.53 Å². The van der Waals surface area contributed by atoms with Gasteiger partial charge in [0.05, 0.1) is 18.4 Å². The molecular formula is C18H15N3OS. The molecule has 0 spiro atoms. The van der Waals surface area contributed by atoms with Crippen LogP contribution in [0.4, 0.5) is 0 Å². The van der Waals surface area contributed by atoms with Crippen LogP contribution in [0.5, 0.6) is 0 Å². The Labute approximate surface area is 137 Å². The number of aryl methyl sites for hydroxylation is 2. The van der Waals surface area contributed by atoms with Gasteiger partial charge in [-0.25, -0.2) is 9.97 Å². The van der Waals surface area contributed by atoms with Gasteiger partial charge in [-0.1, -0.05) is 30.3 Å². The first-order valence-corrected chi connectivity index (χ1v) is 8.25. The Morgan fingerprint density at radius 1 is 1.17 bits per heavy atom. The highest BCUT2D eigenvalue weighted by Crippen LogP contribution is 2.31. The van der Waals surface area contributed by atoms with E-state index in [4.69, 9.17) is 0 Å². The maximum atomic E-state index is 12.8. The number of rotatable bonds is 2. The van der Waals surface area contributed by atoms with Crippen LogP contribution in [0.2, 0.25) is 0 Å². The summed E-state index contributed by atoms with van der Waals surface area (Å²) in [5, 5.41) is 1.000. The molecule has 114 valence electrons. The number of benzene rings is 1. The summed E-state index contributed by atoms with van der Waals surface area (Å²) < 4.78 is 2.34. The molecule has 0 amide bonds. The van der Waals surface area contributed by atoms with Crippen LogP contribution in [-0.4, -0.2) is 14.5 Å². The van der Waals surface area contributed by atoms with Crippen LogP contribution in [0.15, 0.2) is 47.5 Å². The second-order valence-corrected chi connectivity index (χ2v) is 6.70. The fraction of sp³-hybridized carbons (Fsp3) is 0.167. The second kappa shape index (κ2) is 5.28. The van der Waals surface area contributed by atoms with E-state index in [9.17, 15) is 4.79 Å². The molecule has 0 aliphatic rings. The second-order valence-electron chi connectivity index (χ2n) is 5.70. The normalized spacial score (nSPS) is 11.4. The summed E-state index contributed by atoms with van der Waals surface area (Å²) in [6.45, 7) is 4.54. The van der Waals surface area contributed by atoms with Crippen molar-refractivity contribution in [3.8, 4) is 0 Å². The molecule has 4 rings (SSSR count). The fourth-order valence-electron chi connectivity index (χ4n) is 2.89. The summed E-state index contributed by atoms with van der Waals surface area (Å²) >= 11 is 1.43. The van der Waals surface area contributed by atoms with Gasteiger partial charge in [0, 0.05) is 11.1 Å². The predicted molar refractivity (Wildman–Crippen MR) is 94.2 cm³/mol. The molecule has 3 heterocycles. The number of pyridine rings is 1. The maximum absolute atomic E-state index is 12.8. The van der Waals surface area contributed by atoms with Gasteiger partial charge >= 0.3 is 0 Å². The Bertz CT molecular complexity index is 1080. The molecule has 1 aromatic carbocycles. The lowest BCUT2D eigenvalue weighted by molar-refractivity contribution is 0.750. The molecule has 0 aliphatic carbocycles. The Hall–Kier alpha value is -2.53. The number of hydrogen-bond donors (Lipinski definition) is 0. The van der Waals surface area contributed by atoms with E-state index in [1.807, 2.05) is 50.2 Å². The molecule has 0 atom stereocenters. The lowest BCUT2D eigenvalue weighted by Crippen LogP contribution is -2.20. The topological polar surface area (TPSA) is 47.8 Å². The molecule has 4 nitrogen and oxygen atoms in total. The number of fused-ring (bicyclic) bond motifs is 3. The van der Waals surface area contributed by atoms with Crippen molar-refractivity contribution < 1.29 is 0 Å². The van der Waals surface area contributed by atoms with Gasteiger partial charge in [-0.3, -0.25) is 9.36 Å². The Morgan fingerprint density at radius 3 is 2.74 bits per heavy atom. The molecule has 23 heavy (non-hydrogen) atoms. The zero-order valence-electron chi connectivity index (χ0n) is 12.9. The maximum Gasteiger partial charge on any atom is 0.271 e. The van der Waals surface area contributed by atoms with Crippen molar-refractivity contribution in [1.82, 2.24) is 14.5 Å². The third-order valence-electron chi connectivity index (χ3n) is 3.94. The quantitative estimate of drug-likeness (QED) is 0.566. The van der Waals surface area contributed by atoms with E-state index in [2.05, 4.69) is 9.97 Å². The molecule has 0 fully saturated rings. The SMILES string of the molecule is Cc1cc(C)c2c(n1)sc1c(=O)n(Cc3ccccc3)cnc12. The third-order valence-corrected chi connectivity index (χ3v) is 5.00. The molecule has 0 saturated heterocycles. The van der Waals surface area contributed by atoms with Gasteiger partial charge < -0.3 is 0 Å². The van der Waals surface area contributed by atoms with Crippen LogP contribution in [0.3, 0.4) is 0 Å². The monoisotopic (exact) mass is 321 g/mol. The molecule has 4 aromatic rings. The van der Waals surface area contributed by atoms with E-state index in [0.29, 0.717) is 11.2 Å². The largest absolute Gasteiger partial charge is 0.294 e. The average Bonchev–Trinajstić information content (AvgIpc) is 2.90. The Balaban J connectivity index is 1.93. The fourth-order valence-corrected chi connectivity index (χ4v) is 4.09. The minimum Gasteiger partial charge on any atom is -0.294 e. The highest BCUT2D eigenvalue weighted by molar-refractivity contribution is 7.25. The van der Waals surface area contributed by atoms with Crippen molar-refractivity contribution in [2.75, 3.05) is 0 Å². The van der Waals surface area contributed by atoms with Crippen molar-refractivity contribution in [3.05, 3.63) is 69.9 Å². The molecule has 0 saturated carbocycles. The highest BCUT2D eigenvalue weighted by atomic mass is 32.1. The van der Waals surface area contributed by atoms with Gasteiger partial charge in [-0.2, -0.15) is 0 Å². The first-order chi connectivity index (χ1) is 11.1. The van der Waals surface area contributed by atoms with Crippen molar-refractivity contribution in [2.45, 2.75) is 20.4 Å². The number of nitrogens with zero attached hydrogens (tertiary/aromatic N) is 3. The Morgan fingerprint density at radius 2 is 1.96 bits per heavy atom. The summed E-state index contributed by atoms with van der Waals surface area (Å²) in [6, 6.07) is 12.0. The van der Waals surface area contributed by atoms with Crippen molar-refractivity contribution in [2.24, 2.45) is 0 Å². The van der Waals surface area contributed by atoms with Crippen molar-refractivity contribution >= 4 is 31.8 Å². The number of aromatic nitrogens is 3. The highest BCUT2D eigenvalue weighted by Gasteiger charge is 2.14. The summed E-state index contributed by atoms with van der Waals surface area (Å²) in [5.41, 5.74) is 3.93. The molecule has 0 bridgehead atoms. The minimum absolute atomic E-state index is 0.00101. The summed E-state index contributed by atoms with van der Waals surface area (Å²) in [5.74, 6) is 0. The van der Waals surface area contributed by atoms with E-state index < -0.39 is 0 Å².